The molecule has 0 saturated carbocycles. The number of rotatable bonds is 4. The van der Waals surface area contributed by atoms with E-state index in [1.165, 1.54) is 6.07 Å². The molecule has 1 unspecified atom stereocenters. The Hall–Kier alpha value is -2.03. The van der Waals surface area contributed by atoms with Crippen LogP contribution in [0.25, 0.3) is 0 Å². The predicted octanol–water partition coefficient (Wildman–Crippen LogP) is 4.93. The summed E-state index contributed by atoms with van der Waals surface area (Å²) in [4.78, 5) is -0.587. The summed E-state index contributed by atoms with van der Waals surface area (Å²) in [5.41, 5.74) is -2.43. The molecule has 0 aliphatic heterocycles. The molecule has 1 radical (unpaired) electrons. The number of benzene rings is 2. The van der Waals surface area contributed by atoms with E-state index in [2.05, 4.69) is 6.07 Å². The highest BCUT2D eigenvalue weighted by molar-refractivity contribution is 7.92. The van der Waals surface area contributed by atoms with E-state index in [-0.39, 0.29) is 5.56 Å². The van der Waals surface area contributed by atoms with Crippen molar-refractivity contribution in [1.29, 1.82) is 0 Å². The Morgan fingerprint density at radius 2 is 1.69 bits per heavy atom. The van der Waals surface area contributed by atoms with E-state index in [1.807, 2.05) is 0 Å². The van der Waals surface area contributed by atoms with E-state index in [4.69, 9.17) is 0 Å². The first kappa shape index (κ1) is 20.3. The second kappa shape index (κ2) is 6.94. The Balaban J connectivity index is 2.37. The summed E-state index contributed by atoms with van der Waals surface area (Å²) in [6.07, 6.45) is -9.91. The van der Waals surface area contributed by atoms with Crippen molar-refractivity contribution in [2.45, 2.75) is 35.8 Å². The van der Waals surface area contributed by atoms with E-state index in [0.29, 0.717) is 12.1 Å². The van der Waals surface area contributed by atoms with Crippen molar-refractivity contribution in [3.05, 3.63) is 65.2 Å². The van der Waals surface area contributed by atoms with Crippen LogP contribution in [0.2, 0.25) is 0 Å². The van der Waals surface area contributed by atoms with E-state index in [0.717, 1.165) is 31.2 Å². The minimum atomic E-state index is -4.73. The third kappa shape index (κ3) is 4.38. The van der Waals surface area contributed by atoms with Crippen molar-refractivity contribution in [2.24, 2.45) is 0 Å². The highest BCUT2D eigenvalue weighted by Crippen LogP contribution is 2.34. The van der Waals surface area contributed by atoms with Crippen molar-refractivity contribution in [1.82, 2.24) is 0 Å². The SMILES string of the molecule is CC(Cc1cc[c]cc1C(F)(F)F)S(=O)(=O)c1cccc(C(F)(F)F)c1. The topological polar surface area (TPSA) is 34.1 Å². The monoisotopic (exact) mass is 395 g/mol. The summed E-state index contributed by atoms with van der Waals surface area (Å²) in [6, 6.07) is 8.44. The molecule has 1 atom stereocenters. The van der Waals surface area contributed by atoms with Gasteiger partial charge in [0.2, 0.25) is 0 Å². The maximum absolute atomic E-state index is 13.0. The number of halogens is 6. The third-order valence-electron chi connectivity index (χ3n) is 3.79. The van der Waals surface area contributed by atoms with Gasteiger partial charge in [0, 0.05) is 0 Å². The Bertz CT molecular complexity index is 885. The van der Waals surface area contributed by atoms with Crippen LogP contribution in [0, 0.1) is 6.07 Å². The zero-order valence-corrected chi connectivity index (χ0v) is 14.1. The summed E-state index contributed by atoms with van der Waals surface area (Å²) >= 11 is 0. The van der Waals surface area contributed by atoms with Gasteiger partial charge in [0.25, 0.3) is 0 Å². The Morgan fingerprint density at radius 1 is 1.04 bits per heavy atom. The lowest BCUT2D eigenvalue weighted by molar-refractivity contribution is -0.138. The van der Waals surface area contributed by atoms with Crippen molar-refractivity contribution < 1.29 is 34.8 Å². The summed E-state index contributed by atoms with van der Waals surface area (Å²) in [5.74, 6) is 0. The van der Waals surface area contributed by atoms with Crippen LogP contribution in [0.1, 0.15) is 23.6 Å². The number of alkyl halides is 6. The summed E-state index contributed by atoms with van der Waals surface area (Å²) < 4.78 is 102. The Labute approximate surface area is 146 Å². The molecule has 0 aliphatic rings. The predicted molar refractivity (Wildman–Crippen MR) is 82.1 cm³/mol. The molecular weight excluding hydrogens is 382 g/mol. The Morgan fingerprint density at radius 3 is 2.27 bits per heavy atom. The smallest absolute Gasteiger partial charge is 0.223 e. The van der Waals surface area contributed by atoms with Gasteiger partial charge in [0.1, 0.15) is 0 Å². The molecule has 0 aliphatic carbocycles. The molecule has 141 valence electrons. The van der Waals surface area contributed by atoms with Crippen LogP contribution in [0.3, 0.4) is 0 Å². The van der Waals surface area contributed by atoms with Gasteiger partial charge in [-0.2, -0.15) is 26.3 Å². The first-order valence-electron chi connectivity index (χ1n) is 7.31. The van der Waals surface area contributed by atoms with Crippen LogP contribution >= 0.6 is 0 Å². The van der Waals surface area contributed by atoms with Gasteiger partial charge in [-0.1, -0.05) is 18.2 Å². The average Bonchev–Trinajstić information content (AvgIpc) is 2.53. The lowest BCUT2D eigenvalue weighted by Gasteiger charge is -2.17. The molecule has 0 amide bonds. The van der Waals surface area contributed by atoms with Crippen molar-refractivity contribution >= 4 is 9.84 Å². The number of hydrogen-bond acceptors (Lipinski definition) is 2. The van der Waals surface area contributed by atoms with E-state index >= 15 is 0 Å². The zero-order chi connectivity index (χ0) is 19.8. The largest absolute Gasteiger partial charge is 0.416 e. The fourth-order valence-corrected chi connectivity index (χ4v) is 3.83. The van der Waals surface area contributed by atoms with Crippen molar-refractivity contribution in [3.63, 3.8) is 0 Å². The molecule has 2 aromatic rings. The molecule has 2 aromatic carbocycles. The van der Waals surface area contributed by atoms with Gasteiger partial charge in [0.15, 0.2) is 9.84 Å². The van der Waals surface area contributed by atoms with Crippen LogP contribution in [0.5, 0.6) is 0 Å². The number of sulfone groups is 1. The van der Waals surface area contributed by atoms with Gasteiger partial charge < -0.3 is 0 Å². The molecule has 0 heterocycles. The third-order valence-corrected chi connectivity index (χ3v) is 5.92. The standard InChI is InChI=1S/C17H13F6O2S/c1-11(9-12-5-2-3-8-15(12)17(21,22)23)26(24,25)14-7-4-6-13(10-14)16(18,19)20/h2,4-8,10-11H,9H2,1H3. The molecule has 0 fully saturated rings. The van der Waals surface area contributed by atoms with Crippen LogP contribution in [0.4, 0.5) is 26.3 Å². The minimum Gasteiger partial charge on any atom is -0.223 e. The first-order chi connectivity index (χ1) is 11.8. The molecule has 2 rings (SSSR count). The maximum atomic E-state index is 13.0. The zero-order valence-electron chi connectivity index (χ0n) is 13.3. The van der Waals surface area contributed by atoms with E-state index in [1.54, 1.807) is 0 Å². The minimum absolute atomic E-state index is 0.265. The normalized spacial score (nSPS) is 14.3. The number of hydrogen-bond donors (Lipinski definition) is 0. The molecule has 2 nitrogen and oxygen atoms in total. The lowest BCUT2D eigenvalue weighted by atomic mass is 10.0. The molecule has 0 aromatic heterocycles. The highest BCUT2D eigenvalue weighted by Gasteiger charge is 2.35. The van der Waals surface area contributed by atoms with Gasteiger partial charge in [-0.05, 0) is 49.2 Å². The molecule has 0 N–H and O–H groups in total. The van der Waals surface area contributed by atoms with E-state index in [9.17, 15) is 34.8 Å². The van der Waals surface area contributed by atoms with E-state index < -0.39 is 49.9 Å². The second-order valence-electron chi connectivity index (χ2n) is 5.67. The Kier molecular flexibility index (Phi) is 5.41. The van der Waals surface area contributed by atoms with Gasteiger partial charge in [-0.25, -0.2) is 8.42 Å². The molecule has 0 spiro atoms. The van der Waals surface area contributed by atoms with Crippen LogP contribution < -0.4 is 0 Å². The molecule has 0 bridgehead atoms. The maximum Gasteiger partial charge on any atom is 0.416 e. The van der Waals surface area contributed by atoms with Crippen LogP contribution in [0.15, 0.2) is 47.4 Å². The van der Waals surface area contributed by atoms with Gasteiger partial charge >= 0.3 is 12.4 Å². The molecule has 9 heteroatoms. The van der Waals surface area contributed by atoms with Crippen molar-refractivity contribution in [2.75, 3.05) is 0 Å². The summed E-state index contributed by atoms with van der Waals surface area (Å²) in [7, 11) is -4.26. The molecular formula is C17H13F6O2S. The quantitative estimate of drug-likeness (QED) is 0.688. The average molecular weight is 395 g/mol. The van der Waals surface area contributed by atoms with Gasteiger partial charge in [-0.3, -0.25) is 0 Å². The molecule has 0 saturated heterocycles. The first-order valence-corrected chi connectivity index (χ1v) is 8.85. The van der Waals surface area contributed by atoms with Crippen molar-refractivity contribution in [3.8, 4) is 0 Å². The van der Waals surface area contributed by atoms with Crippen LogP contribution in [-0.4, -0.2) is 13.7 Å². The second-order valence-corrected chi connectivity index (χ2v) is 8.03. The van der Waals surface area contributed by atoms with Crippen LogP contribution in [-0.2, 0) is 28.6 Å². The summed E-state index contributed by atoms with van der Waals surface area (Å²) in [5, 5.41) is -1.35. The van der Waals surface area contributed by atoms with Gasteiger partial charge in [-0.15, -0.1) is 0 Å². The fraction of sp³-hybridized carbons (Fsp3) is 0.294. The fourth-order valence-electron chi connectivity index (χ4n) is 2.41. The lowest BCUT2D eigenvalue weighted by Crippen LogP contribution is -2.23. The van der Waals surface area contributed by atoms with Gasteiger partial charge in [0.05, 0.1) is 21.3 Å². The summed E-state index contributed by atoms with van der Waals surface area (Å²) in [6.45, 7) is 1.16. The molecule has 26 heavy (non-hydrogen) atoms. The highest BCUT2D eigenvalue weighted by atomic mass is 32.2.